The predicted molar refractivity (Wildman–Crippen MR) is 110 cm³/mol. The van der Waals surface area contributed by atoms with Crippen LogP contribution in [0.4, 0.5) is 4.39 Å². The number of carbonyl (C=O) groups is 2. The molecule has 0 atom stereocenters. The molecular weight excluding hydrogens is 441 g/mol. The van der Waals surface area contributed by atoms with E-state index in [1.165, 1.54) is 18.5 Å². The van der Waals surface area contributed by atoms with Crippen LogP contribution in [0.2, 0.25) is 5.02 Å². The van der Waals surface area contributed by atoms with Crippen molar-refractivity contribution in [2.75, 3.05) is 26.3 Å². The number of hydrogen-bond acceptors (Lipinski definition) is 7. The van der Waals surface area contributed by atoms with Gasteiger partial charge in [-0.1, -0.05) is 11.6 Å². The third-order valence-corrected chi connectivity index (χ3v) is 5.64. The van der Waals surface area contributed by atoms with Crippen molar-refractivity contribution in [1.82, 2.24) is 15.1 Å². The molecule has 0 saturated carbocycles. The third-order valence-electron chi connectivity index (χ3n) is 5.41. The highest BCUT2D eigenvalue weighted by molar-refractivity contribution is 6.30. The molecule has 0 N–H and O–H groups in total. The molecule has 0 spiro atoms. The lowest BCUT2D eigenvalue weighted by Crippen LogP contribution is -2.52. The van der Waals surface area contributed by atoms with Crippen LogP contribution >= 0.6 is 11.6 Å². The van der Waals surface area contributed by atoms with Crippen LogP contribution in [0.25, 0.3) is 11.5 Å². The van der Waals surface area contributed by atoms with Crippen molar-refractivity contribution < 1.29 is 27.9 Å². The second-order valence-corrected chi connectivity index (χ2v) is 8.15. The van der Waals surface area contributed by atoms with Gasteiger partial charge in [0.05, 0.1) is 17.7 Å². The summed E-state index contributed by atoms with van der Waals surface area (Å²) in [6, 6.07) is 7.68. The molecule has 3 heterocycles. The van der Waals surface area contributed by atoms with Crippen molar-refractivity contribution in [3.63, 3.8) is 0 Å². The lowest BCUT2D eigenvalue weighted by molar-refractivity contribution is -0.121. The molecule has 3 aromatic rings. The Kier molecular flexibility index (Phi) is 5.26. The minimum atomic E-state index is -0.659. The molecule has 32 heavy (non-hydrogen) atoms. The average Bonchev–Trinajstić information content (AvgIpc) is 3.28. The van der Waals surface area contributed by atoms with E-state index in [0.29, 0.717) is 53.2 Å². The number of rotatable bonds is 5. The molecule has 164 valence electrons. The molecule has 10 heteroatoms. The maximum atomic E-state index is 14.5. The van der Waals surface area contributed by atoms with Crippen molar-refractivity contribution >= 4 is 23.3 Å². The fourth-order valence-corrected chi connectivity index (χ4v) is 3.93. The quantitative estimate of drug-likeness (QED) is 0.580. The minimum Gasteiger partial charge on any atom is -0.492 e. The van der Waals surface area contributed by atoms with Crippen LogP contribution in [0.15, 0.2) is 41.1 Å². The molecule has 2 aliphatic rings. The monoisotopic (exact) mass is 457 g/mol. The van der Waals surface area contributed by atoms with E-state index in [4.69, 9.17) is 25.5 Å². The summed E-state index contributed by atoms with van der Waals surface area (Å²) in [5.74, 6) is 0.0351. The van der Waals surface area contributed by atoms with E-state index >= 15 is 0 Å². The number of hydrogen-bond donors (Lipinski definition) is 0. The number of ketones is 1. The number of carbonyl (C=O) groups excluding carboxylic acids is 2. The highest BCUT2D eigenvalue weighted by Crippen LogP contribution is 2.33. The molecule has 1 amide bonds. The first-order chi connectivity index (χ1) is 15.5. The van der Waals surface area contributed by atoms with Crippen LogP contribution in [0.1, 0.15) is 15.9 Å². The van der Waals surface area contributed by atoms with Gasteiger partial charge >= 0.3 is 0 Å². The van der Waals surface area contributed by atoms with Gasteiger partial charge in [0.1, 0.15) is 23.9 Å². The van der Waals surface area contributed by atoms with Crippen LogP contribution in [-0.2, 0) is 11.2 Å². The summed E-state index contributed by atoms with van der Waals surface area (Å²) in [7, 11) is 0. The molecule has 0 aliphatic carbocycles. The first kappa shape index (κ1) is 20.4. The summed E-state index contributed by atoms with van der Waals surface area (Å²) in [4.78, 5) is 25.9. The number of ether oxygens (including phenoxy) is 2. The molecule has 1 aromatic heterocycles. The highest BCUT2D eigenvalue weighted by atomic mass is 35.5. The summed E-state index contributed by atoms with van der Waals surface area (Å²) < 4.78 is 30.8. The molecule has 0 bridgehead atoms. The van der Waals surface area contributed by atoms with Crippen molar-refractivity contribution in [3.05, 3.63) is 58.7 Å². The van der Waals surface area contributed by atoms with Gasteiger partial charge in [-0.15, -0.1) is 10.2 Å². The zero-order valence-electron chi connectivity index (χ0n) is 16.7. The lowest BCUT2D eigenvalue weighted by Gasteiger charge is -2.39. The summed E-state index contributed by atoms with van der Waals surface area (Å²) in [6.07, 6.45) is 1.35. The highest BCUT2D eigenvalue weighted by Gasteiger charge is 2.34. The fourth-order valence-electron chi connectivity index (χ4n) is 3.76. The number of nitrogens with zero attached hydrogens (tertiary/aromatic N) is 3. The normalized spacial score (nSPS) is 15.7. The number of benzene rings is 2. The molecule has 2 aromatic carbocycles. The van der Waals surface area contributed by atoms with Crippen LogP contribution in [0.3, 0.4) is 0 Å². The number of fused-ring (bicyclic) bond motifs is 1. The molecule has 2 aliphatic heterocycles. The molecule has 0 unspecified atom stereocenters. The van der Waals surface area contributed by atoms with Gasteiger partial charge in [-0.25, -0.2) is 4.39 Å². The number of amides is 1. The Balaban J connectivity index is 1.22. The van der Waals surface area contributed by atoms with Crippen LogP contribution in [0, 0.1) is 11.7 Å². The Morgan fingerprint density at radius 3 is 2.91 bits per heavy atom. The first-order valence-corrected chi connectivity index (χ1v) is 10.3. The standard InChI is InChI=1S/C22H17ClFN3O5/c23-14-1-2-19(17(5-14)21-26-25-11-32-21)30-9-12-7-27(8-12)22(29)16-4-13-3-15(28)10-31-20(13)6-18(16)24/h1-2,4-6,11-12H,3,7-10H2. The summed E-state index contributed by atoms with van der Waals surface area (Å²) in [5, 5.41) is 8.06. The Labute approximate surface area is 186 Å². The zero-order chi connectivity index (χ0) is 22.2. The Morgan fingerprint density at radius 2 is 2.12 bits per heavy atom. The minimum absolute atomic E-state index is 0.0576. The molecule has 8 nitrogen and oxygen atoms in total. The van der Waals surface area contributed by atoms with Gasteiger partial charge in [-0.2, -0.15) is 0 Å². The van der Waals surface area contributed by atoms with Gasteiger partial charge in [0.2, 0.25) is 6.39 Å². The van der Waals surface area contributed by atoms with E-state index in [0.717, 1.165) is 0 Å². The summed E-state index contributed by atoms with van der Waals surface area (Å²) in [5.41, 5.74) is 1.05. The van der Waals surface area contributed by atoms with E-state index in [-0.39, 0.29) is 30.3 Å². The van der Waals surface area contributed by atoms with Gasteiger partial charge in [0, 0.05) is 42.1 Å². The van der Waals surface area contributed by atoms with Gasteiger partial charge in [0.25, 0.3) is 11.8 Å². The first-order valence-electron chi connectivity index (χ1n) is 9.93. The van der Waals surface area contributed by atoms with Crippen molar-refractivity contribution in [3.8, 4) is 23.0 Å². The number of halogens is 2. The van der Waals surface area contributed by atoms with Gasteiger partial charge in [0.15, 0.2) is 5.78 Å². The van der Waals surface area contributed by atoms with Crippen molar-refractivity contribution in [1.29, 1.82) is 0 Å². The van der Waals surface area contributed by atoms with Crippen LogP contribution in [0.5, 0.6) is 11.5 Å². The number of aromatic nitrogens is 2. The second kappa shape index (κ2) is 8.23. The van der Waals surface area contributed by atoms with Gasteiger partial charge in [-0.05, 0) is 24.3 Å². The van der Waals surface area contributed by atoms with Gasteiger partial charge in [-0.3, -0.25) is 9.59 Å². The zero-order valence-corrected chi connectivity index (χ0v) is 17.5. The fraction of sp³-hybridized carbons (Fsp3) is 0.273. The Hall–Kier alpha value is -3.46. The predicted octanol–water partition coefficient (Wildman–Crippen LogP) is 3.18. The Bertz CT molecular complexity index is 1190. The Morgan fingerprint density at radius 1 is 1.28 bits per heavy atom. The molecule has 5 rings (SSSR count). The molecule has 0 radical (unpaired) electrons. The van der Waals surface area contributed by atoms with Crippen molar-refractivity contribution in [2.24, 2.45) is 5.92 Å². The third kappa shape index (κ3) is 3.91. The maximum absolute atomic E-state index is 14.5. The maximum Gasteiger partial charge on any atom is 0.256 e. The molecule has 1 saturated heterocycles. The largest absolute Gasteiger partial charge is 0.492 e. The SMILES string of the molecule is O=C1COc2cc(F)c(C(=O)N3CC(COc4ccc(Cl)cc4-c4nnco4)C3)cc2C1. The molecule has 1 fully saturated rings. The van der Waals surface area contributed by atoms with Gasteiger partial charge < -0.3 is 18.8 Å². The summed E-state index contributed by atoms with van der Waals surface area (Å²) >= 11 is 6.07. The van der Waals surface area contributed by atoms with E-state index in [2.05, 4.69) is 10.2 Å². The van der Waals surface area contributed by atoms with Crippen LogP contribution in [-0.4, -0.2) is 53.1 Å². The van der Waals surface area contributed by atoms with E-state index in [1.54, 1.807) is 23.1 Å². The topological polar surface area (TPSA) is 94.8 Å². The smallest absolute Gasteiger partial charge is 0.256 e. The summed E-state index contributed by atoms with van der Waals surface area (Å²) in [6.45, 7) is 1.12. The second-order valence-electron chi connectivity index (χ2n) is 7.72. The van der Waals surface area contributed by atoms with E-state index in [9.17, 15) is 14.0 Å². The van der Waals surface area contributed by atoms with Crippen molar-refractivity contribution in [2.45, 2.75) is 6.42 Å². The average molecular weight is 458 g/mol. The van der Waals surface area contributed by atoms with Crippen LogP contribution < -0.4 is 9.47 Å². The number of likely N-dealkylation sites (tertiary alicyclic amines) is 1. The lowest BCUT2D eigenvalue weighted by atomic mass is 9.97. The molecular formula is C22H17ClFN3O5. The number of Topliss-reactive ketones (excluding diaryl/α,β-unsaturated/α-hetero) is 1. The van der Waals surface area contributed by atoms with E-state index in [1.807, 2.05) is 0 Å². The van der Waals surface area contributed by atoms with E-state index < -0.39 is 11.7 Å².